The fourth-order valence-electron chi connectivity index (χ4n) is 1.51. The highest BCUT2D eigenvalue weighted by atomic mass is 35.5. The largest absolute Gasteiger partial charge is 0.490 e. The molecule has 0 fully saturated rings. The number of nitrogens with zero attached hydrogens (tertiary/aromatic N) is 2. The van der Waals surface area contributed by atoms with Gasteiger partial charge in [0.05, 0.1) is 6.20 Å². The molecule has 0 aliphatic carbocycles. The second-order valence-electron chi connectivity index (χ2n) is 3.89. The Morgan fingerprint density at radius 2 is 1.90 bits per heavy atom. The number of para-hydroxylation sites is 1. The summed E-state index contributed by atoms with van der Waals surface area (Å²) in [7, 11) is 0. The molecule has 1 aromatic carbocycles. The number of ether oxygens (including phenoxy) is 2. The van der Waals surface area contributed by atoms with Gasteiger partial charge in [-0.25, -0.2) is 4.98 Å². The molecule has 106 valence electrons. The average molecular weight is 294 g/mol. The van der Waals surface area contributed by atoms with Gasteiger partial charge in [-0.1, -0.05) is 29.8 Å². The van der Waals surface area contributed by atoms with Gasteiger partial charge in [-0.2, -0.15) is 4.98 Å². The van der Waals surface area contributed by atoms with Crippen molar-refractivity contribution in [2.75, 3.05) is 25.1 Å². The zero-order valence-electron chi connectivity index (χ0n) is 11.2. The predicted molar refractivity (Wildman–Crippen MR) is 78.6 cm³/mol. The number of benzene rings is 1. The fourth-order valence-corrected chi connectivity index (χ4v) is 1.66. The second-order valence-corrected chi connectivity index (χ2v) is 4.29. The average Bonchev–Trinajstić information content (AvgIpc) is 2.48. The van der Waals surface area contributed by atoms with Crippen LogP contribution in [0.4, 0.5) is 5.95 Å². The molecule has 1 heterocycles. The van der Waals surface area contributed by atoms with E-state index in [0.717, 1.165) is 12.3 Å². The van der Waals surface area contributed by atoms with Crippen LogP contribution in [0.15, 0.2) is 36.5 Å². The summed E-state index contributed by atoms with van der Waals surface area (Å²) in [5.41, 5.74) is 0. The number of halogens is 1. The van der Waals surface area contributed by atoms with E-state index < -0.39 is 0 Å². The molecule has 1 N–H and O–H groups in total. The van der Waals surface area contributed by atoms with Crippen LogP contribution in [0.25, 0.3) is 0 Å². The van der Waals surface area contributed by atoms with Crippen molar-refractivity contribution in [2.24, 2.45) is 0 Å². The highest BCUT2D eigenvalue weighted by Crippen LogP contribution is 2.21. The molecule has 0 spiro atoms. The van der Waals surface area contributed by atoms with E-state index in [2.05, 4.69) is 15.3 Å². The molecule has 0 saturated carbocycles. The Balaban J connectivity index is 1.83. The monoisotopic (exact) mass is 293 g/mol. The first-order chi connectivity index (χ1) is 9.79. The Hall–Kier alpha value is -2.01. The second kappa shape index (κ2) is 7.55. The molecule has 20 heavy (non-hydrogen) atoms. The van der Waals surface area contributed by atoms with Gasteiger partial charge in [0, 0.05) is 6.54 Å². The number of anilines is 1. The van der Waals surface area contributed by atoms with Crippen molar-refractivity contribution in [3.8, 4) is 11.6 Å². The van der Waals surface area contributed by atoms with Gasteiger partial charge in [0.15, 0.2) is 0 Å². The van der Waals surface area contributed by atoms with E-state index in [1.165, 1.54) is 6.20 Å². The van der Waals surface area contributed by atoms with Gasteiger partial charge in [-0.15, -0.1) is 0 Å². The maximum absolute atomic E-state index is 5.97. The van der Waals surface area contributed by atoms with Crippen LogP contribution in [0, 0.1) is 0 Å². The summed E-state index contributed by atoms with van der Waals surface area (Å²) < 4.78 is 11.0. The fraction of sp³-hybridized carbons (Fsp3) is 0.286. The molecule has 0 amide bonds. The summed E-state index contributed by atoms with van der Waals surface area (Å²) in [4.78, 5) is 8.21. The Kier molecular flexibility index (Phi) is 5.43. The summed E-state index contributed by atoms with van der Waals surface area (Å²) in [6.07, 6.45) is 1.51. The van der Waals surface area contributed by atoms with E-state index in [1.807, 2.05) is 37.3 Å². The molecule has 0 aliphatic rings. The molecule has 2 rings (SSSR count). The highest BCUT2D eigenvalue weighted by Gasteiger charge is 2.06. The van der Waals surface area contributed by atoms with Crippen molar-refractivity contribution >= 4 is 17.5 Å². The lowest BCUT2D eigenvalue weighted by Crippen LogP contribution is -2.11. The minimum absolute atomic E-state index is 0.356. The van der Waals surface area contributed by atoms with Gasteiger partial charge in [0.1, 0.15) is 24.0 Å². The predicted octanol–water partition coefficient (Wildman–Crippen LogP) is 3.02. The third-order valence-corrected chi connectivity index (χ3v) is 2.64. The topological polar surface area (TPSA) is 56.3 Å². The van der Waals surface area contributed by atoms with Crippen molar-refractivity contribution < 1.29 is 9.47 Å². The number of rotatable bonds is 7. The number of hydrogen-bond donors (Lipinski definition) is 1. The van der Waals surface area contributed by atoms with E-state index >= 15 is 0 Å². The van der Waals surface area contributed by atoms with Crippen LogP contribution in [0.5, 0.6) is 11.6 Å². The molecular weight excluding hydrogens is 278 g/mol. The zero-order chi connectivity index (χ0) is 14.2. The Bertz CT molecular complexity index is 537. The van der Waals surface area contributed by atoms with Gasteiger partial charge in [0.2, 0.25) is 11.8 Å². The minimum atomic E-state index is 0.356. The standard InChI is InChI=1S/C14H16ClN3O2/c1-2-16-14-17-10-12(15)13(18-14)20-9-8-19-11-6-4-3-5-7-11/h3-7,10H,2,8-9H2,1H3,(H,16,17,18). The van der Waals surface area contributed by atoms with Crippen LogP contribution < -0.4 is 14.8 Å². The molecule has 2 aromatic rings. The van der Waals surface area contributed by atoms with Crippen LogP contribution in [-0.4, -0.2) is 29.7 Å². The number of nitrogens with one attached hydrogen (secondary N) is 1. The first kappa shape index (κ1) is 14.4. The Labute approximate surface area is 122 Å². The molecule has 0 bridgehead atoms. The Morgan fingerprint density at radius 1 is 1.15 bits per heavy atom. The number of aromatic nitrogens is 2. The van der Waals surface area contributed by atoms with Crippen molar-refractivity contribution in [3.63, 3.8) is 0 Å². The summed E-state index contributed by atoms with van der Waals surface area (Å²) in [6, 6.07) is 9.55. The molecule has 0 aliphatic heterocycles. The molecular formula is C14H16ClN3O2. The number of hydrogen-bond acceptors (Lipinski definition) is 5. The normalized spacial score (nSPS) is 10.1. The molecule has 1 aromatic heterocycles. The third-order valence-electron chi connectivity index (χ3n) is 2.38. The van der Waals surface area contributed by atoms with Crippen LogP contribution in [0.1, 0.15) is 6.92 Å². The van der Waals surface area contributed by atoms with Crippen LogP contribution in [0.3, 0.4) is 0 Å². The summed E-state index contributed by atoms with van der Waals surface area (Å²) in [5, 5.41) is 3.38. The molecule has 0 saturated heterocycles. The summed E-state index contributed by atoms with van der Waals surface area (Å²) >= 11 is 5.97. The zero-order valence-corrected chi connectivity index (χ0v) is 11.9. The maximum Gasteiger partial charge on any atom is 0.237 e. The molecule has 6 heteroatoms. The van der Waals surface area contributed by atoms with E-state index in [4.69, 9.17) is 21.1 Å². The van der Waals surface area contributed by atoms with Crippen LogP contribution >= 0.6 is 11.6 Å². The van der Waals surface area contributed by atoms with Crippen molar-refractivity contribution in [1.29, 1.82) is 0 Å². The summed E-state index contributed by atoms with van der Waals surface area (Å²) in [5.74, 6) is 1.66. The van der Waals surface area contributed by atoms with Gasteiger partial charge < -0.3 is 14.8 Å². The quantitative estimate of drug-likeness (QED) is 0.795. The molecule has 0 radical (unpaired) electrons. The maximum atomic E-state index is 5.97. The van der Waals surface area contributed by atoms with Crippen LogP contribution in [0.2, 0.25) is 5.02 Å². The molecule has 0 atom stereocenters. The summed E-state index contributed by atoms with van der Waals surface area (Å²) in [6.45, 7) is 3.47. The van der Waals surface area contributed by atoms with Crippen molar-refractivity contribution in [1.82, 2.24) is 9.97 Å². The van der Waals surface area contributed by atoms with Crippen molar-refractivity contribution in [2.45, 2.75) is 6.92 Å². The molecule has 5 nitrogen and oxygen atoms in total. The minimum Gasteiger partial charge on any atom is -0.490 e. The van der Waals surface area contributed by atoms with Gasteiger partial charge in [-0.3, -0.25) is 0 Å². The van der Waals surface area contributed by atoms with Crippen LogP contribution in [-0.2, 0) is 0 Å². The van der Waals surface area contributed by atoms with Gasteiger partial charge in [-0.05, 0) is 19.1 Å². The Morgan fingerprint density at radius 3 is 2.65 bits per heavy atom. The first-order valence-electron chi connectivity index (χ1n) is 6.36. The van der Waals surface area contributed by atoms with Crippen molar-refractivity contribution in [3.05, 3.63) is 41.6 Å². The lowest BCUT2D eigenvalue weighted by molar-refractivity contribution is 0.212. The van der Waals surface area contributed by atoms with E-state index in [0.29, 0.717) is 30.1 Å². The van der Waals surface area contributed by atoms with Gasteiger partial charge in [0.25, 0.3) is 0 Å². The SMILES string of the molecule is CCNc1ncc(Cl)c(OCCOc2ccccc2)n1. The smallest absolute Gasteiger partial charge is 0.237 e. The van der Waals surface area contributed by atoms with Gasteiger partial charge >= 0.3 is 0 Å². The lowest BCUT2D eigenvalue weighted by atomic mass is 10.3. The van der Waals surface area contributed by atoms with E-state index in [9.17, 15) is 0 Å². The van der Waals surface area contributed by atoms with E-state index in [1.54, 1.807) is 0 Å². The van der Waals surface area contributed by atoms with E-state index in [-0.39, 0.29) is 0 Å². The first-order valence-corrected chi connectivity index (χ1v) is 6.74. The lowest BCUT2D eigenvalue weighted by Gasteiger charge is -2.09. The third kappa shape index (κ3) is 4.28. The molecule has 0 unspecified atom stereocenters. The highest BCUT2D eigenvalue weighted by molar-refractivity contribution is 6.31.